The van der Waals surface area contributed by atoms with E-state index in [1.54, 1.807) is 0 Å². The Balaban J connectivity index is 2.08. The van der Waals surface area contributed by atoms with Gasteiger partial charge in [0, 0.05) is 12.0 Å². The van der Waals surface area contributed by atoms with Crippen molar-refractivity contribution < 1.29 is 9.84 Å². The molecule has 3 heteroatoms. The molecule has 2 saturated heterocycles. The Morgan fingerprint density at radius 2 is 2.31 bits per heavy atom. The van der Waals surface area contributed by atoms with Gasteiger partial charge in [-0.2, -0.15) is 0 Å². The van der Waals surface area contributed by atoms with Crippen LogP contribution in [0.2, 0.25) is 0 Å². The van der Waals surface area contributed by atoms with E-state index in [0.29, 0.717) is 24.7 Å². The summed E-state index contributed by atoms with van der Waals surface area (Å²) in [6, 6.07) is 0. The molecule has 0 aliphatic carbocycles. The van der Waals surface area contributed by atoms with Gasteiger partial charge in [0.2, 0.25) is 0 Å². The molecule has 0 saturated carbocycles. The van der Waals surface area contributed by atoms with Crippen LogP contribution >= 0.6 is 0 Å². The van der Waals surface area contributed by atoms with Gasteiger partial charge in [-0.3, -0.25) is 0 Å². The van der Waals surface area contributed by atoms with Gasteiger partial charge in [0.1, 0.15) is 0 Å². The summed E-state index contributed by atoms with van der Waals surface area (Å²) in [6.07, 6.45) is 4.27. The number of hydrogen-bond acceptors (Lipinski definition) is 3. The quantitative estimate of drug-likeness (QED) is 0.673. The van der Waals surface area contributed by atoms with Gasteiger partial charge in [0.15, 0.2) is 0 Å². The number of ether oxygens (including phenoxy) is 1. The van der Waals surface area contributed by atoms with E-state index in [2.05, 4.69) is 6.92 Å². The van der Waals surface area contributed by atoms with Crippen LogP contribution in [0.5, 0.6) is 0 Å². The van der Waals surface area contributed by atoms with Crippen molar-refractivity contribution in [2.45, 2.75) is 38.4 Å². The maximum absolute atomic E-state index is 9.34. The van der Waals surface area contributed by atoms with Crippen LogP contribution < -0.4 is 5.73 Å². The SMILES string of the molecule is CC(CN)(CO)C1CC2CCC1O2. The third kappa shape index (κ3) is 1.39. The summed E-state index contributed by atoms with van der Waals surface area (Å²) in [5.74, 6) is 0.473. The van der Waals surface area contributed by atoms with Crippen LogP contribution in [0.25, 0.3) is 0 Å². The smallest absolute Gasteiger partial charge is 0.0615 e. The molecular formula is C10H19NO2. The van der Waals surface area contributed by atoms with Crippen molar-refractivity contribution in [3.05, 3.63) is 0 Å². The summed E-state index contributed by atoms with van der Waals surface area (Å²) >= 11 is 0. The van der Waals surface area contributed by atoms with Crippen molar-refractivity contribution in [3.8, 4) is 0 Å². The Morgan fingerprint density at radius 3 is 2.69 bits per heavy atom. The maximum Gasteiger partial charge on any atom is 0.0615 e. The highest BCUT2D eigenvalue weighted by molar-refractivity contribution is 4.97. The molecule has 0 aromatic rings. The molecule has 0 aromatic carbocycles. The van der Waals surface area contributed by atoms with Crippen LogP contribution in [0.1, 0.15) is 26.2 Å². The van der Waals surface area contributed by atoms with Crippen molar-refractivity contribution >= 4 is 0 Å². The average Bonchev–Trinajstić information content (AvgIpc) is 2.77. The van der Waals surface area contributed by atoms with Gasteiger partial charge in [-0.05, 0) is 25.2 Å². The molecule has 2 bridgehead atoms. The van der Waals surface area contributed by atoms with Gasteiger partial charge < -0.3 is 15.6 Å². The highest BCUT2D eigenvalue weighted by atomic mass is 16.5. The van der Waals surface area contributed by atoms with E-state index >= 15 is 0 Å². The van der Waals surface area contributed by atoms with Crippen LogP contribution in [0.4, 0.5) is 0 Å². The van der Waals surface area contributed by atoms with E-state index in [9.17, 15) is 5.11 Å². The van der Waals surface area contributed by atoms with Crippen molar-refractivity contribution in [2.24, 2.45) is 17.1 Å². The lowest BCUT2D eigenvalue weighted by molar-refractivity contribution is 0.0290. The highest BCUT2D eigenvalue weighted by Crippen LogP contribution is 2.46. The van der Waals surface area contributed by atoms with Crippen LogP contribution in [0, 0.1) is 11.3 Å². The molecule has 0 amide bonds. The minimum absolute atomic E-state index is 0.125. The Labute approximate surface area is 79.3 Å². The Hall–Kier alpha value is -0.120. The predicted molar refractivity (Wildman–Crippen MR) is 50.2 cm³/mol. The van der Waals surface area contributed by atoms with Gasteiger partial charge in [0.25, 0.3) is 0 Å². The maximum atomic E-state index is 9.34. The molecule has 0 aromatic heterocycles. The third-order valence-corrected chi connectivity index (χ3v) is 3.83. The largest absolute Gasteiger partial charge is 0.396 e. The number of fused-ring (bicyclic) bond motifs is 2. The van der Waals surface area contributed by atoms with Crippen LogP contribution in [0.15, 0.2) is 0 Å². The van der Waals surface area contributed by atoms with Gasteiger partial charge in [-0.1, -0.05) is 6.92 Å². The standard InChI is InChI=1S/C10H19NO2/c1-10(5-11,6-12)8-4-7-2-3-9(8)13-7/h7-9,12H,2-6,11H2,1H3. The molecule has 3 nitrogen and oxygen atoms in total. The lowest BCUT2D eigenvalue weighted by Crippen LogP contribution is -2.42. The lowest BCUT2D eigenvalue weighted by atomic mass is 9.70. The Kier molecular flexibility index (Phi) is 2.34. The third-order valence-electron chi connectivity index (χ3n) is 3.83. The second-order valence-corrected chi connectivity index (χ2v) is 4.73. The van der Waals surface area contributed by atoms with Gasteiger partial charge in [0.05, 0.1) is 18.8 Å². The molecule has 2 rings (SSSR count). The van der Waals surface area contributed by atoms with Gasteiger partial charge in [-0.25, -0.2) is 0 Å². The first-order valence-corrected chi connectivity index (χ1v) is 5.16. The van der Waals surface area contributed by atoms with E-state index < -0.39 is 0 Å². The number of aliphatic hydroxyl groups is 1. The molecule has 13 heavy (non-hydrogen) atoms. The first-order chi connectivity index (χ1) is 6.19. The molecular weight excluding hydrogens is 166 g/mol. The predicted octanol–water partition coefficient (Wildman–Crippen LogP) is 0.511. The molecule has 2 aliphatic rings. The molecule has 3 N–H and O–H groups in total. The Morgan fingerprint density at radius 1 is 1.54 bits per heavy atom. The molecule has 2 heterocycles. The second kappa shape index (κ2) is 3.23. The summed E-state index contributed by atoms with van der Waals surface area (Å²) in [5, 5.41) is 9.34. The van der Waals surface area contributed by atoms with E-state index in [0.717, 1.165) is 12.8 Å². The fraction of sp³-hybridized carbons (Fsp3) is 1.00. The van der Waals surface area contributed by atoms with Crippen molar-refractivity contribution in [3.63, 3.8) is 0 Å². The van der Waals surface area contributed by atoms with Gasteiger partial charge in [-0.15, -0.1) is 0 Å². The summed E-state index contributed by atoms with van der Waals surface area (Å²) in [6.45, 7) is 2.81. The minimum atomic E-state index is -0.125. The van der Waals surface area contributed by atoms with Crippen LogP contribution in [-0.4, -0.2) is 30.5 Å². The fourth-order valence-corrected chi connectivity index (χ4v) is 2.70. The van der Waals surface area contributed by atoms with E-state index in [-0.39, 0.29) is 12.0 Å². The molecule has 4 atom stereocenters. The average molecular weight is 185 g/mol. The van der Waals surface area contributed by atoms with Crippen molar-refractivity contribution in [2.75, 3.05) is 13.2 Å². The first kappa shape index (κ1) is 9.44. The fourth-order valence-electron chi connectivity index (χ4n) is 2.70. The van der Waals surface area contributed by atoms with E-state index in [1.165, 1.54) is 6.42 Å². The summed E-state index contributed by atoms with van der Waals surface area (Å²) in [7, 11) is 0. The highest BCUT2D eigenvalue weighted by Gasteiger charge is 2.48. The van der Waals surface area contributed by atoms with E-state index in [4.69, 9.17) is 10.5 Å². The summed E-state index contributed by atoms with van der Waals surface area (Å²) in [5.41, 5.74) is 5.59. The Bertz CT molecular complexity index is 191. The molecule has 2 aliphatic heterocycles. The number of hydrogen-bond donors (Lipinski definition) is 2. The topological polar surface area (TPSA) is 55.5 Å². The van der Waals surface area contributed by atoms with Crippen molar-refractivity contribution in [1.82, 2.24) is 0 Å². The zero-order chi connectivity index (χ0) is 9.47. The molecule has 0 spiro atoms. The molecule has 76 valence electrons. The minimum Gasteiger partial charge on any atom is -0.396 e. The first-order valence-electron chi connectivity index (χ1n) is 5.16. The number of nitrogens with two attached hydrogens (primary N) is 1. The van der Waals surface area contributed by atoms with E-state index in [1.807, 2.05) is 0 Å². The molecule has 4 unspecified atom stereocenters. The molecule has 0 radical (unpaired) electrons. The summed E-state index contributed by atoms with van der Waals surface area (Å²) in [4.78, 5) is 0. The zero-order valence-corrected chi connectivity index (χ0v) is 8.20. The number of rotatable bonds is 3. The van der Waals surface area contributed by atoms with Crippen LogP contribution in [0.3, 0.4) is 0 Å². The number of aliphatic hydroxyl groups excluding tert-OH is 1. The molecule has 2 fully saturated rings. The second-order valence-electron chi connectivity index (χ2n) is 4.73. The van der Waals surface area contributed by atoms with Gasteiger partial charge >= 0.3 is 0 Å². The lowest BCUT2D eigenvalue weighted by Gasteiger charge is -2.36. The van der Waals surface area contributed by atoms with Crippen LogP contribution in [-0.2, 0) is 4.74 Å². The zero-order valence-electron chi connectivity index (χ0n) is 8.20. The van der Waals surface area contributed by atoms with Crippen molar-refractivity contribution in [1.29, 1.82) is 0 Å². The summed E-state index contributed by atoms with van der Waals surface area (Å²) < 4.78 is 5.77. The normalized spacial score (nSPS) is 42.2. The monoisotopic (exact) mass is 185 g/mol.